The lowest BCUT2D eigenvalue weighted by atomic mass is 10.2. The zero-order chi connectivity index (χ0) is 12.1. The van der Waals surface area contributed by atoms with E-state index in [1.54, 1.807) is 0 Å². The van der Waals surface area contributed by atoms with E-state index in [0.717, 1.165) is 31.7 Å². The van der Waals surface area contributed by atoms with Crippen molar-refractivity contribution in [3.8, 4) is 0 Å². The topological polar surface area (TPSA) is 39.1 Å². The molecule has 1 aliphatic heterocycles. The van der Waals surface area contributed by atoms with E-state index in [0.29, 0.717) is 12.2 Å². The van der Waals surface area contributed by atoms with Crippen molar-refractivity contribution in [2.75, 3.05) is 13.1 Å². The lowest BCUT2D eigenvalue weighted by molar-refractivity contribution is 0.0458. The fraction of sp³-hybridized carbons (Fsp3) is 0.769. The van der Waals surface area contributed by atoms with Gasteiger partial charge >= 0.3 is 0 Å². The largest absolute Gasteiger partial charge is 0.373 e. The van der Waals surface area contributed by atoms with E-state index in [2.05, 4.69) is 34.9 Å². The molecule has 0 amide bonds. The maximum atomic E-state index is 5.81. The van der Waals surface area contributed by atoms with Gasteiger partial charge < -0.3 is 14.6 Å². The second-order valence-electron chi connectivity index (χ2n) is 4.81. The average molecular weight is 237 g/mol. The van der Waals surface area contributed by atoms with Crippen molar-refractivity contribution >= 4 is 0 Å². The van der Waals surface area contributed by atoms with Gasteiger partial charge in [0.25, 0.3) is 0 Å². The highest BCUT2D eigenvalue weighted by Crippen LogP contribution is 2.20. The second-order valence-corrected chi connectivity index (χ2v) is 4.81. The molecular formula is C13H23N3O. The molecule has 4 heteroatoms. The maximum absolute atomic E-state index is 5.81. The van der Waals surface area contributed by atoms with Gasteiger partial charge in [-0.1, -0.05) is 6.92 Å². The highest BCUT2D eigenvalue weighted by Gasteiger charge is 2.21. The molecule has 1 aromatic heterocycles. The fourth-order valence-electron chi connectivity index (χ4n) is 2.28. The first-order valence-corrected chi connectivity index (χ1v) is 6.64. The lowest BCUT2D eigenvalue weighted by Crippen LogP contribution is -2.16. The van der Waals surface area contributed by atoms with Crippen molar-refractivity contribution in [1.82, 2.24) is 14.9 Å². The maximum Gasteiger partial charge on any atom is 0.0950 e. The van der Waals surface area contributed by atoms with Gasteiger partial charge in [0.1, 0.15) is 0 Å². The van der Waals surface area contributed by atoms with Crippen molar-refractivity contribution < 1.29 is 4.74 Å². The van der Waals surface area contributed by atoms with Gasteiger partial charge in [0.05, 0.1) is 24.2 Å². The molecule has 0 spiro atoms. The minimum Gasteiger partial charge on any atom is -0.373 e. The number of nitrogens with one attached hydrogen (secondary N) is 1. The number of aromatic nitrogens is 2. The number of likely N-dealkylation sites (N-methyl/N-ethyl adjacent to an activating group) is 1. The number of rotatable bonds is 6. The summed E-state index contributed by atoms with van der Waals surface area (Å²) in [4.78, 5) is 4.42. The molecule has 2 atom stereocenters. The summed E-state index contributed by atoms with van der Waals surface area (Å²) in [6.45, 7) is 7.24. The zero-order valence-electron chi connectivity index (χ0n) is 10.9. The minimum atomic E-state index is 0.376. The van der Waals surface area contributed by atoms with E-state index in [-0.39, 0.29) is 0 Å². The summed E-state index contributed by atoms with van der Waals surface area (Å²) in [5, 5.41) is 3.31. The predicted octanol–water partition coefficient (Wildman–Crippen LogP) is 1.60. The first-order chi connectivity index (χ1) is 8.28. The molecule has 1 aromatic rings. The molecule has 2 heterocycles. The molecule has 4 nitrogen and oxygen atoms in total. The number of hydrogen-bond acceptors (Lipinski definition) is 3. The van der Waals surface area contributed by atoms with Gasteiger partial charge in [-0.3, -0.25) is 0 Å². The smallest absolute Gasteiger partial charge is 0.0950 e. The van der Waals surface area contributed by atoms with Gasteiger partial charge in [0.2, 0.25) is 0 Å². The summed E-state index contributed by atoms with van der Waals surface area (Å²) in [6.07, 6.45) is 8.23. The van der Waals surface area contributed by atoms with Gasteiger partial charge in [-0.25, -0.2) is 4.98 Å². The SMILES string of the molecule is CCNCCc1cn(CC2CCC(C)O2)cn1. The average Bonchev–Trinajstić information content (AvgIpc) is 2.90. The number of nitrogens with zero attached hydrogens (tertiary/aromatic N) is 2. The predicted molar refractivity (Wildman–Crippen MR) is 68.0 cm³/mol. The second kappa shape index (κ2) is 6.17. The van der Waals surface area contributed by atoms with Gasteiger partial charge in [-0.05, 0) is 26.3 Å². The quantitative estimate of drug-likeness (QED) is 0.764. The first-order valence-electron chi connectivity index (χ1n) is 6.64. The first kappa shape index (κ1) is 12.6. The summed E-state index contributed by atoms with van der Waals surface area (Å²) in [5.74, 6) is 0. The van der Waals surface area contributed by atoms with Crippen LogP contribution in [0.5, 0.6) is 0 Å². The standard InChI is InChI=1S/C13H23N3O/c1-3-14-7-6-12-8-16(10-15-12)9-13-5-4-11(2)17-13/h8,10-11,13-14H,3-7,9H2,1-2H3. The van der Waals surface area contributed by atoms with Gasteiger partial charge in [0, 0.05) is 25.7 Å². The third-order valence-electron chi connectivity index (χ3n) is 3.23. The minimum absolute atomic E-state index is 0.376. The molecule has 0 bridgehead atoms. The van der Waals surface area contributed by atoms with Crippen LogP contribution in [0.1, 0.15) is 32.4 Å². The van der Waals surface area contributed by atoms with Gasteiger partial charge in [-0.2, -0.15) is 0 Å². The Hall–Kier alpha value is -0.870. The van der Waals surface area contributed by atoms with Crippen molar-refractivity contribution in [3.63, 3.8) is 0 Å². The van der Waals surface area contributed by atoms with E-state index in [1.165, 1.54) is 12.8 Å². The van der Waals surface area contributed by atoms with Crippen LogP contribution in [0.15, 0.2) is 12.5 Å². The molecule has 1 saturated heterocycles. The van der Waals surface area contributed by atoms with Crippen LogP contribution >= 0.6 is 0 Å². The monoisotopic (exact) mass is 237 g/mol. The van der Waals surface area contributed by atoms with Crippen molar-refractivity contribution in [1.29, 1.82) is 0 Å². The van der Waals surface area contributed by atoms with E-state index >= 15 is 0 Å². The Balaban J connectivity index is 1.77. The van der Waals surface area contributed by atoms with E-state index in [1.807, 2.05) is 6.33 Å². The molecule has 17 heavy (non-hydrogen) atoms. The van der Waals surface area contributed by atoms with Crippen LogP contribution in [0.2, 0.25) is 0 Å². The third kappa shape index (κ3) is 3.82. The summed E-state index contributed by atoms with van der Waals surface area (Å²) in [5.41, 5.74) is 1.16. The van der Waals surface area contributed by atoms with Crippen LogP contribution in [0.25, 0.3) is 0 Å². The molecule has 0 saturated carbocycles. The molecule has 1 fully saturated rings. The van der Waals surface area contributed by atoms with Crippen LogP contribution in [-0.4, -0.2) is 34.8 Å². The molecule has 1 N–H and O–H groups in total. The molecule has 96 valence electrons. The summed E-state index contributed by atoms with van der Waals surface area (Å²) < 4.78 is 7.97. The highest BCUT2D eigenvalue weighted by atomic mass is 16.5. The zero-order valence-corrected chi connectivity index (χ0v) is 10.9. The molecule has 2 rings (SSSR count). The van der Waals surface area contributed by atoms with Crippen molar-refractivity contribution in [2.45, 2.75) is 51.9 Å². The van der Waals surface area contributed by atoms with E-state index in [9.17, 15) is 0 Å². The number of ether oxygens (including phenoxy) is 1. The molecular weight excluding hydrogens is 214 g/mol. The third-order valence-corrected chi connectivity index (χ3v) is 3.23. The van der Waals surface area contributed by atoms with Gasteiger partial charge in [0.15, 0.2) is 0 Å². The van der Waals surface area contributed by atoms with E-state index in [4.69, 9.17) is 4.74 Å². The van der Waals surface area contributed by atoms with Crippen LogP contribution in [0.4, 0.5) is 0 Å². The number of hydrogen-bond donors (Lipinski definition) is 1. The Labute approximate surface area is 103 Å². The van der Waals surface area contributed by atoms with Crippen LogP contribution in [0, 0.1) is 0 Å². The molecule has 2 unspecified atom stereocenters. The van der Waals surface area contributed by atoms with Crippen LogP contribution in [-0.2, 0) is 17.7 Å². The van der Waals surface area contributed by atoms with Crippen LogP contribution < -0.4 is 5.32 Å². The Morgan fingerprint density at radius 2 is 2.41 bits per heavy atom. The Morgan fingerprint density at radius 1 is 1.53 bits per heavy atom. The molecule has 0 aromatic carbocycles. The fourth-order valence-corrected chi connectivity index (χ4v) is 2.28. The van der Waals surface area contributed by atoms with Crippen molar-refractivity contribution in [3.05, 3.63) is 18.2 Å². The Morgan fingerprint density at radius 3 is 3.12 bits per heavy atom. The molecule has 1 aliphatic rings. The summed E-state index contributed by atoms with van der Waals surface area (Å²) >= 11 is 0. The van der Waals surface area contributed by atoms with E-state index < -0.39 is 0 Å². The van der Waals surface area contributed by atoms with Crippen LogP contribution in [0.3, 0.4) is 0 Å². The molecule has 0 aliphatic carbocycles. The summed E-state index contributed by atoms with van der Waals surface area (Å²) in [7, 11) is 0. The van der Waals surface area contributed by atoms with Gasteiger partial charge in [-0.15, -0.1) is 0 Å². The highest BCUT2D eigenvalue weighted by molar-refractivity contribution is 4.97. The Kier molecular flexibility index (Phi) is 4.57. The summed E-state index contributed by atoms with van der Waals surface area (Å²) in [6, 6.07) is 0. The normalized spacial score (nSPS) is 24.4. The lowest BCUT2D eigenvalue weighted by Gasteiger charge is -2.11. The Bertz CT molecular complexity index is 337. The number of imidazole rings is 1. The molecule has 0 radical (unpaired) electrons. The van der Waals surface area contributed by atoms with Crippen molar-refractivity contribution in [2.24, 2.45) is 0 Å².